The van der Waals surface area contributed by atoms with Crippen molar-refractivity contribution >= 4 is 0 Å². The van der Waals surface area contributed by atoms with Crippen molar-refractivity contribution in [2.75, 3.05) is 6.54 Å². The predicted molar refractivity (Wildman–Crippen MR) is 73.6 cm³/mol. The Hall–Kier alpha value is -1.02. The van der Waals surface area contributed by atoms with Gasteiger partial charge in [0.05, 0.1) is 6.10 Å². The molecule has 0 aliphatic rings. The van der Waals surface area contributed by atoms with E-state index in [1.807, 2.05) is 12.1 Å². The van der Waals surface area contributed by atoms with E-state index in [1.54, 1.807) is 0 Å². The van der Waals surface area contributed by atoms with Crippen molar-refractivity contribution < 1.29 is 4.74 Å². The molecule has 17 heavy (non-hydrogen) atoms. The Morgan fingerprint density at radius 3 is 2.29 bits per heavy atom. The lowest BCUT2D eigenvalue weighted by Gasteiger charge is -2.22. The monoisotopic (exact) mass is 235 g/mol. The van der Waals surface area contributed by atoms with Crippen LogP contribution in [0.4, 0.5) is 0 Å². The molecular weight excluding hydrogens is 210 g/mol. The zero-order valence-electron chi connectivity index (χ0n) is 11.7. The minimum atomic E-state index is 0.184. The molecule has 0 amide bonds. The summed E-state index contributed by atoms with van der Waals surface area (Å²) in [5.74, 6) is 0.957. The second kappa shape index (κ2) is 6.06. The molecule has 0 spiro atoms. The van der Waals surface area contributed by atoms with E-state index in [9.17, 15) is 0 Å². The minimum absolute atomic E-state index is 0.184. The summed E-state index contributed by atoms with van der Waals surface area (Å²) in [6.07, 6.45) is 1.26. The fourth-order valence-electron chi connectivity index (χ4n) is 1.56. The SMILES string of the molecule is Cc1ccc(OC(C)CCNC(C)(C)C)cc1. The minimum Gasteiger partial charge on any atom is -0.491 e. The van der Waals surface area contributed by atoms with Crippen LogP contribution in [0.1, 0.15) is 39.7 Å². The Morgan fingerprint density at radius 2 is 1.76 bits per heavy atom. The van der Waals surface area contributed by atoms with Gasteiger partial charge in [0.1, 0.15) is 5.75 Å². The summed E-state index contributed by atoms with van der Waals surface area (Å²) < 4.78 is 5.84. The fraction of sp³-hybridized carbons (Fsp3) is 0.600. The molecule has 2 heteroatoms. The number of aryl methyl sites for hydroxylation is 1. The molecule has 0 fully saturated rings. The largest absolute Gasteiger partial charge is 0.491 e. The van der Waals surface area contributed by atoms with Crippen molar-refractivity contribution in [3.05, 3.63) is 29.8 Å². The van der Waals surface area contributed by atoms with Gasteiger partial charge in [0, 0.05) is 5.54 Å². The van der Waals surface area contributed by atoms with Crippen LogP contribution in [0.2, 0.25) is 0 Å². The van der Waals surface area contributed by atoms with Crippen molar-refractivity contribution in [2.24, 2.45) is 0 Å². The van der Waals surface area contributed by atoms with Crippen molar-refractivity contribution in [1.29, 1.82) is 0 Å². The van der Waals surface area contributed by atoms with Gasteiger partial charge in [-0.15, -0.1) is 0 Å². The lowest BCUT2D eigenvalue weighted by atomic mass is 10.1. The van der Waals surface area contributed by atoms with Crippen LogP contribution in [0, 0.1) is 6.92 Å². The third-order valence-electron chi connectivity index (χ3n) is 2.56. The summed E-state index contributed by atoms with van der Waals surface area (Å²) in [4.78, 5) is 0. The van der Waals surface area contributed by atoms with Crippen LogP contribution in [0.5, 0.6) is 5.75 Å². The van der Waals surface area contributed by atoms with E-state index in [4.69, 9.17) is 4.74 Å². The molecule has 0 aliphatic carbocycles. The molecule has 0 saturated carbocycles. The van der Waals surface area contributed by atoms with Gasteiger partial charge in [-0.3, -0.25) is 0 Å². The highest BCUT2D eigenvalue weighted by Crippen LogP contribution is 2.14. The molecule has 1 rings (SSSR count). The quantitative estimate of drug-likeness (QED) is 0.843. The topological polar surface area (TPSA) is 21.3 Å². The highest BCUT2D eigenvalue weighted by atomic mass is 16.5. The number of hydrogen-bond acceptors (Lipinski definition) is 2. The lowest BCUT2D eigenvalue weighted by Crippen LogP contribution is -2.37. The van der Waals surface area contributed by atoms with Gasteiger partial charge in [0.2, 0.25) is 0 Å². The highest BCUT2D eigenvalue weighted by Gasteiger charge is 2.10. The average molecular weight is 235 g/mol. The summed E-state index contributed by atoms with van der Waals surface area (Å²) in [5.41, 5.74) is 1.45. The van der Waals surface area contributed by atoms with Gasteiger partial charge in [-0.2, -0.15) is 0 Å². The fourth-order valence-corrected chi connectivity index (χ4v) is 1.56. The standard InChI is InChI=1S/C15H25NO/c1-12-6-8-14(9-7-12)17-13(2)10-11-16-15(3,4)5/h6-9,13,16H,10-11H2,1-5H3. The second-order valence-corrected chi connectivity index (χ2v) is 5.71. The Balaban J connectivity index is 2.30. The molecular formula is C15H25NO. The zero-order valence-corrected chi connectivity index (χ0v) is 11.7. The molecule has 0 saturated heterocycles. The average Bonchev–Trinajstić information content (AvgIpc) is 2.19. The molecule has 0 heterocycles. The smallest absolute Gasteiger partial charge is 0.119 e. The predicted octanol–water partition coefficient (Wildman–Crippen LogP) is 3.54. The first kappa shape index (κ1) is 14.0. The third-order valence-corrected chi connectivity index (χ3v) is 2.56. The number of benzene rings is 1. The summed E-state index contributed by atoms with van der Waals surface area (Å²) in [5, 5.41) is 3.47. The first-order valence-corrected chi connectivity index (χ1v) is 6.35. The summed E-state index contributed by atoms with van der Waals surface area (Å²) in [6, 6.07) is 8.22. The molecule has 0 radical (unpaired) electrons. The van der Waals surface area contributed by atoms with Gasteiger partial charge < -0.3 is 10.1 Å². The molecule has 0 aliphatic heterocycles. The number of rotatable bonds is 5. The normalized spacial score (nSPS) is 13.5. The van der Waals surface area contributed by atoms with Crippen LogP contribution in [0.15, 0.2) is 24.3 Å². The highest BCUT2D eigenvalue weighted by molar-refractivity contribution is 5.26. The Labute approximate surface area is 105 Å². The summed E-state index contributed by atoms with van der Waals surface area (Å²) in [6.45, 7) is 11.7. The van der Waals surface area contributed by atoms with E-state index < -0.39 is 0 Å². The van der Waals surface area contributed by atoms with Crippen LogP contribution in [0.3, 0.4) is 0 Å². The molecule has 1 N–H and O–H groups in total. The van der Waals surface area contributed by atoms with Crippen LogP contribution < -0.4 is 10.1 Å². The van der Waals surface area contributed by atoms with Crippen LogP contribution in [0.25, 0.3) is 0 Å². The van der Waals surface area contributed by atoms with E-state index in [1.165, 1.54) is 5.56 Å². The maximum absolute atomic E-state index is 5.84. The molecule has 0 aromatic heterocycles. The third kappa shape index (κ3) is 6.32. The Kier molecular flexibility index (Phi) is 5.01. The van der Waals surface area contributed by atoms with E-state index in [0.29, 0.717) is 0 Å². The van der Waals surface area contributed by atoms with E-state index in [-0.39, 0.29) is 11.6 Å². The molecule has 1 unspecified atom stereocenters. The Morgan fingerprint density at radius 1 is 1.18 bits per heavy atom. The lowest BCUT2D eigenvalue weighted by molar-refractivity contribution is 0.205. The molecule has 96 valence electrons. The van der Waals surface area contributed by atoms with E-state index in [0.717, 1.165) is 18.7 Å². The molecule has 1 aromatic rings. The number of ether oxygens (including phenoxy) is 1. The van der Waals surface area contributed by atoms with Crippen molar-refractivity contribution in [3.8, 4) is 5.75 Å². The van der Waals surface area contributed by atoms with Gasteiger partial charge in [-0.1, -0.05) is 17.7 Å². The Bertz CT molecular complexity index is 324. The van der Waals surface area contributed by atoms with Crippen molar-refractivity contribution in [3.63, 3.8) is 0 Å². The van der Waals surface area contributed by atoms with Gasteiger partial charge >= 0.3 is 0 Å². The maximum atomic E-state index is 5.84. The first-order chi connectivity index (χ1) is 7.87. The van der Waals surface area contributed by atoms with Crippen LogP contribution >= 0.6 is 0 Å². The maximum Gasteiger partial charge on any atom is 0.119 e. The van der Waals surface area contributed by atoms with Crippen molar-refractivity contribution in [1.82, 2.24) is 5.32 Å². The molecule has 1 atom stereocenters. The number of nitrogens with one attached hydrogen (secondary N) is 1. The molecule has 0 bridgehead atoms. The summed E-state index contributed by atoms with van der Waals surface area (Å²) in [7, 11) is 0. The van der Waals surface area contributed by atoms with Crippen molar-refractivity contribution in [2.45, 2.75) is 52.7 Å². The zero-order chi connectivity index (χ0) is 12.9. The van der Waals surface area contributed by atoms with Gasteiger partial charge in [0.25, 0.3) is 0 Å². The van der Waals surface area contributed by atoms with Gasteiger partial charge in [-0.25, -0.2) is 0 Å². The first-order valence-electron chi connectivity index (χ1n) is 6.35. The van der Waals surface area contributed by atoms with E-state index >= 15 is 0 Å². The second-order valence-electron chi connectivity index (χ2n) is 5.71. The van der Waals surface area contributed by atoms with Crippen LogP contribution in [-0.4, -0.2) is 18.2 Å². The molecule has 2 nitrogen and oxygen atoms in total. The number of hydrogen-bond donors (Lipinski definition) is 1. The van der Waals surface area contributed by atoms with Gasteiger partial charge in [0.15, 0.2) is 0 Å². The summed E-state index contributed by atoms with van der Waals surface area (Å²) >= 11 is 0. The molecule has 1 aromatic carbocycles. The van der Waals surface area contributed by atoms with E-state index in [2.05, 4.69) is 52.1 Å². The van der Waals surface area contributed by atoms with Crippen LogP contribution in [-0.2, 0) is 0 Å². The van der Waals surface area contributed by atoms with Gasteiger partial charge in [-0.05, 0) is 59.7 Å².